The summed E-state index contributed by atoms with van der Waals surface area (Å²) in [6, 6.07) is 0.379. The van der Waals surface area contributed by atoms with Crippen LogP contribution in [0.3, 0.4) is 0 Å². The van der Waals surface area contributed by atoms with Crippen LogP contribution < -0.4 is 5.73 Å². The second-order valence-electron chi connectivity index (χ2n) is 3.56. The summed E-state index contributed by atoms with van der Waals surface area (Å²) in [6.07, 6.45) is 2.15. The van der Waals surface area contributed by atoms with E-state index in [0.29, 0.717) is 10.5 Å². The highest BCUT2D eigenvalue weighted by Gasteiger charge is 2.17. The van der Waals surface area contributed by atoms with Gasteiger partial charge in [-0.15, -0.1) is 10.2 Å². The Labute approximate surface area is 92.1 Å². The monoisotopic (exact) mass is 232 g/mol. The van der Waals surface area contributed by atoms with Gasteiger partial charge in [0, 0.05) is 19.1 Å². The first-order valence-corrected chi connectivity index (χ1v) is 5.89. The molecular weight excluding hydrogens is 220 g/mol. The van der Waals surface area contributed by atoms with Crippen LogP contribution in [0.15, 0.2) is 0 Å². The van der Waals surface area contributed by atoms with Gasteiger partial charge in [-0.3, -0.25) is 4.90 Å². The Morgan fingerprint density at radius 3 is 2.71 bits per heavy atom. The van der Waals surface area contributed by atoms with E-state index in [1.54, 1.807) is 0 Å². The molecule has 1 aromatic heterocycles. The zero-order chi connectivity index (χ0) is 9.97. The maximum absolute atomic E-state index is 5.82. The van der Waals surface area contributed by atoms with Gasteiger partial charge >= 0.3 is 0 Å². The first-order chi connectivity index (χ1) is 6.74. The Morgan fingerprint density at radius 2 is 2.14 bits per heavy atom. The molecule has 2 N–H and O–H groups in total. The van der Waals surface area contributed by atoms with Crippen molar-refractivity contribution < 1.29 is 0 Å². The minimum atomic E-state index is 0.379. The van der Waals surface area contributed by atoms with Crippen molar-refractivity contribution >= 4 is 22.9 Å². The molecule has 0 bridgehead atoms. The van der Waals surface area contributed by atoms with Crippen LogP contribution in [0.1, 0.15) is 17.8 Å². The second-order valence-corrected chi connectivity index (χ2v) is 5.21. The Hall–Kier alpha value is -0.230. The van der Waals surface area contributed by atoms with E-state index in [9.17, 15) is 0 Å². The van der Waals surface area contributed by atoms with Gasteiger partial charge in [-0.05, 0) is 24.4 Å². The summed E-state index contributed by atoms with van der Waals surface area (Å²) in [5.41, 5.74) is 5.82. The highest BCUT2D eigenvalue weighted by Crippen LogP contribution is 2.18. The van der Waals surface area contributed by atoms with Crippen LogP contribution in [0.4, 0.5) is 0 Å². The van der Waals surface area contributed by atoms with E-state index in [-0.39, 0.29) is 0 Å². The number of hydrogen-bond acceptors (Lipinski definition) is 5. The number of nitrogens with two attached hydrogens (primary N) is 1. The van der Waals surface area contributed by atoms with Crippen molar-refractivity contribution in [2.45, 2.75) is 25.4 Å². The van der Waals surface area contributed by atoms with Gasteiger partial charge in [0.2, 0.25) is 4.47 Å². The largest absolute Gasteiger partial charge is 0.328 e. The number of rotatable bonds is 2. The Balaban J connectivity index is 1.86. The fraction of sp³-hybridized carbons (Fsp3) is 0.750. The summed E-state index contributed by atoms with van der Waals surface area (Å²) in [6.45, 7) is 2.97. The highest BCUT2D eigenvalue weighted by molar-refractivity contribution is 7.15. The Morgan fingerprint density at radius 1 is 1.43 bits per heavy atom. The third-order valence-electron chi connectivity index (χ3n) is 2.43. The maximum Gasteiger partial charge on any atom is 0.207 e. The first kappa shape index (κ1) is 10.3. The molecule has 0 unspecified atom stereocenters. The van der Waals surface area contributed by atoms with Gasteiger partial charge in [-0.25, -0.2) is 0 Å². The van der Waals surface area contributed by atoms with Crippen molar-refractivity contribution in [2.24, 2.45) is 5.73 Å². The molecule has 6 heteroatoms. The summed E-state index contributed by atoms with van der Waals surface area (Å²) in [7, 11) is 0. The van der Waals surface area contributed by atoms with E-state index in [1.165, 1.54) is 11.3 Å². The van der Waals surface area contributed by atoms with E-state index in [0.717, 1.165) is 37.5 Å². The smallest absolute Gasteiger partial charge is 0.207 e. The molecule has 0 saturated carbocycles. The van der Waals surface area contributed by atoms with E-state index in [4.69, 9.17) is 17.3 Å². The number of aromatic nitrogens is 2. The first-order valence-electron chi connectivity index (χ1n) is 4.70. The molecule has 1 fully saturated rings. The van der Waals surface area contributed by atoms with Crippen molar-refractivity contribution in [1.29, 1.82) is 0 Å². The summed E-state index contributed by atoms with van der Waals surface area (Å²) < 4.78 is 0.522. The maximum atomic E-state index is 5.82. The van der Waals surface area contributed by atoms with E-state index < -0.39 is 0 Å². The van der Waals surface area contributed by atoms with Gasteiger partial charge < -0.3 is 5.73 Å². The topological polar surface area (TPSA) is 55.0 Å². The molecule has 0 spiro atoms. The molecule has 2 rings (SSSR count). The van der Waals surface area contributed by atoms with Crippen LogP contribution in [0.2, 0.25) is 4.47 Å². The lowest BCUT2D eigenvalue weighted by Crippen LogP contribution is -2.39. The molecule has 1 aliphatic rings. The lowest BCUT2D eigenvalue weighted by molar-refractivity contribution is 0.205. The molecule has 0 aromatic carbocycles. The normalized spacial score (nSPS) is 20.1. The molecule has 4 nitrogen and oxygen atoms in total. The third-order valence-corrected chi connectivity index (χ3v) is 3.44. The van der Waals surface area contributed by atoms with Crippen molar-refractivity contribution in [2.75, 3.05) is 13.1 Å². The zero-order valence-corrected chi connectivity index (χ0v) is 9.39. The molecule has 0 atom stereocenters. The predicted molar refractivity (Wildman–Crippen MR) is 57.4 cm³/mol. The molecule has 1 aromatic rings. The summed E-state index contributed by atoms with van der Waals surface area (Å²) >= 11 is 7.16. The zero-order valence-electron chi connectivity index (χ0n) is 7.82. The summed E-state index contributed by atoms with van der Waals surface area (Å²) in [4.78, 5) is 2.35. The molecule has 14 heavy (non-hydrogen) atoms. The average molecular weight is 233 g/mol. The molecule has 1 saturated heterocycles. The van der Waals surface area contributed by atoms with E-state index in [1.807, 2.05) is 0 Å². The van der Waals surface area contributed by atoms with Gasteiger partial charge in [-0.2, -0.15) is 0 Å². The Kier molecular flexibility index (Phi) is 3.33. The van der Waals surface area contributed by atoms with Crippen molar-refractivity contribution in [1.82, 2.24) is 15.1 Å². The summed E-state index contributed by atoms with van der Waals surface area (Å²) in [5.74, 6) is 0. The van der Waals surface area contributed by atoms with Crippen molar-refractivity contribution in [3.8, 4) is 0 Å². The van der Waals surface area contributed by atoms with Crippen LogP contribution in [-0.4, -0.2) is 34.2 Å². The van der Waals surface area contributed by atoms with E-state index in [2.05, 4.69) is 15.1 Å². The molecule has 2 heterocycles. The molecular formula is C8H13ClN4S. The SMILES string of the molecule is NC1CCN(Cc2nnc(Cl)s2)CC1. The predicted octanol–water partition coefficient (Wildman–Crippen LogP) is 1.11. The van der Waals surface area contributed by atoms with Crippen LogP contribution in [0, 0.1) is 0 Å². The number of hydrogen-bond donors (Lipinski definition) is 1. The fourth-order valence-electron chi connectivity index (χ4n) is 1.60. The Bertz CT molecular complexity index is 295. The highest BCUT2D eigenvalue weighted by atomic mass is 35.5. The van der Waals surface area contributed by atoms with Gasteiger partial charge in [-0.1, -0.05) is 11.3 Å². The molecule has 0 aliphatic carbocycles. The van der Waals surface area contributed by atoms with E-state index >= 15 is 0 Å². The average Bonchev–Trinajstić information content (AvgIpc) is 2.56. The van der Waals surface area contributed by atoms with Crippen LogP contribution in [-0.2, 0) is 6.54 Å². The standard InChI is InChI=1S/C8H13ClN4S/c9-8-12-11-7(14-8)5-13-3-1-6(10)2-4-13/h6H,1-5,10H2. The van der Waals surface area contributed by atoms with Crippen LogP contribution in [0.25, 0.3) is 0 Å². The lowest BCUT2D eigenvalue weighted by atomic mass is 10.1. The van der Waals surface area contributed by atoms with Crippen LogP contribution >= 0.6 is 22.9 Å². The quantitative estimate of drug-likeness (QED) is 0.830. The molecule has 0 amide bonds. The third kappa shape index (κ3) is 2.63. The number of likely N-dealkylation sites (tertiary alicyclic amines) is 1. The van der Waals surface area contributed by atoms with Gasteiger partial charge in [0.25, 0.3) is 0 Å². The van der Waals surface area contributed by atoms with Crippen molar-refractivity contribution in [3.05, 3.63) is 9.47 Å². The van der Waals surface area contributed by atoms with Crippen LogP contribution in [0.5, 0.6) is 0 Å². The fourth-order valence-corrected chi connectivity index (χ4v) is 2.51. The minimum absolute atomic E-state index is 0.379. The number of halogens is 1. The van der Waals surface area contributed by atoms with Gasteiger partial charge in [0.15, 0.2) is 0 Å². The minimum Gasteiger partial charge on any atom is -0.328 e. The van der Waals surface area contributed by atoms with Gasteiger partial charge in [0.05, 0.1) is 6.54 Å². The second kappa shape index (κ2) is 4.53. The molecule has 78 valence electrons. The van der Waals surface area contributed by atoms with Gasteiger partial charge in [0.1, 0.15) is 5.01 Å². The molecule has 1 aliphatic heterocycles. The molecule has 0 radical (unpaired) electrons. The number of nitrogens with zero attached hydrogens (tertiary/aromatic N) is 3. The lowest BCUT2D eigenvalue weighted by Gasteiger charge is -2.28. The summed E-state index contributed by atoms with van der Waals surface area (Å²) in [5, 5.41) is 8.76. The number of piperidine rings is 1. The van der Waals surface area contributed by atoms with Crippen molar-refractivity contribution in [3.63, 3.8) is 0 Å².